The predicted molar refractivity (Wildman–Crippen MR) is 92.6 cm³/mol. The lowest BCUT2D eigenvalue weighted by Crippen LogP contribution is -2.23. The first-order valence-corrected chi connectivity index (χ1v) is 8.18. The Bertz CT molecular complexity index is 975. The first-order chi connectivity index (χ1) is 12.8. The minimum Gasteiger partial charge on any atom is -0.308 e. The summed E-state index contributed by atoms with van der Waals surface area (Å²) in [6.45, 7) is 0. The van der Waals surface area contributed by atoms with Crippen LogP contribution in [0.3, 0.4) is 0 Å². The fraction of sp³-hybridized carbons (Fsp3) is 0.0625. The maximum Gasteiger partial charge on any atom is 0.454 e. The molecule has 3 aromatic rings. The summed E-state index contributed by atoms with van der Waals surface area (Å²) in [5.74, 6) is -1.99. The molecule has 2 heterocycles. The molecule has 11 heteroatoms. The molecule has 0 atom stereocenters. The number of urea groups is 1. The monoisotopic (exact) mass is 393 g/mol. The van der Waals surface area contributed by atoms with E-state index in [9.17, 15) is 22.8 Å². The minimum absolute atomic E-state index is 0.0291. The number of benzene rings is 1. The average molecular weight is 393 g/mol. The number of halogens is 3. The SMILES string of the molecule is O=C(Nc1cccc(C(=O)C(F)(F)F)c1)Nc1nnc(-c2ccncc2)s1. The van der Waals surface area contributed by atoms with Gasteiger partial charge in [0, 0.05) is 29.2 Å². The molecule has 0 unspecified atom stereocenters. The topological polar surface area (TPSA) is 96.9 Å². The molecule has 0 spiro atoms. The third-order valence-corrected chi connectivity index (χ3v) is 4.10. The van der Waals surface area contributed by atoms with Gasteiger partial charge in [-0.15, -0.1) is 10.2 Å². The zero-order valence-corrected chi connectivity index (χ0v) is 14.1. The lowest BCUT2D eigenvalue weighted by molar-refractivity contribution is -0.0885. The van der Waals surface area contributed by atoms with E-state index in [1.165, 1.54) is 12.1 Å². The molecule has 0 saturated carbocycles. The summed E-state index contributed by atoms with van der Waals surface area (Å²) in [6.07, 6.45) is -1.81. The van der Waals surface area contributed by atoms with Gasteiger partial charge in [-0.3, -0.25) is 15.1 Å². The number of rotatable bonds is 4. The number of hydrogen-bond acceptors (Lipinski definition) is 6. The van der Waals surface area contributed by atoms with E-state index in [2.05, 4.69) is 25.8 Å². The van der Waals surface area contributed by atoms with Crippen molar-refractivity contribution in [3.63, 3.8) is 0 Å². The number of amides is 2. The molecule has 1 aromatic carbocycles. The Balaban J connectivity index is 1.67. The number of nitrogens with zero attached hydrogens (tertiary/aromatic N) is 3. The van der Waals surface area contributed by atoms with Crippen LogP contribution < -0.4 is 10.6 Å². The molecule has 0 aliphatic carbocycles. The zero-order valence-electron chi connectivity index (χ0n) is 13.3. The molecule has 2 amide bonds. The third-order valence-electron chi connectivity index (χ3n) is 3.21. The van der Waals surface area contributed by atoms with Crippen molar-refractivity contribution in [3.8, 4) is 10.6 Å². The largest absolute Gasteiger partial charge is 0.454 e. The second kappa shape index (κ2) is 7.50. The Morgan fingerprint density at radius 1 is 1.00 bits per heavy atom. The number of alkyl halides is 3. The zero-order chi connectivity index (χ0) is 19.4. The van der Waals surface area contributed by atoms with Crippen molar-refractivity contribution in [2.24, 2.45) is 0 Å². The number of hydrogen-bond donors (Lipinski definition) is 2. The Labute approximate surface area is 154 Å². The second-order valence-corrected chi connectivity index (χ2v) is 6.11. The van der Waals surface area contributed by atoms with Gasteiger partial charge in [-0.25, -0.2) is 4.79 Å². The van der Waals surface area contributed by atoms with Crippen molar-refractivity contribution in [3.05, 3.63) is 54.4 Å². The minimum atomic E-state index is -4.99. The van der Waals surface area contributed by atoms with Gasteiger partial charge in [0.15, 0.2) is 0 Å². The first-order valence-electron chi connectivity index (χ1n) is 7.36. The summed E-state index contributed by atoms with van der Waals surface area (Å²) in [5, 5.41) is 13.3. The van der Waals surface area contributed by atoms with E-state index >= 15 is 0 Å². The normalized spacial score (nSPS) is 11.1. The van der Waals surface area contributed by atoms with Crippen LogP contribution in [0, 0.1) is 0 Å². The third kappa shape index (κ3) is 4.64. The Morgan fingerprint density at radius 2 is 1.74 bits per heavy atom. The first kappa shape index (κ1) is 18.5. The smallest absolute Gasteiger partial charge is 0.308 e. The molecule has 2 N–H and O–H groups in total. The molecule has 27 heavy (non-hydrogen) atoms. The highest BCUT2D eigenvalue weighted by molar-refractivity contribution is 7.18. The van der Waals surface area contributed by atoms with E-state index in [1.807, 2.05) is 0 Å². The number of nitrogens with one attached hydrogen (secondary N) is 2. The van der Waals surface area contributed by atoms with Crippen LogP contribution in [0.15, 0.2) is 48.8 Å². The van der Waals surface area contributed by atoms with Gasteiger partial charge in [0.1, 0.15) is 5.01 Å². The second-order valence-electron chi connectivity index (χ2n) is 5.14. The molecule has 0 radical (unpaired) electrons. The van der Waals surface area contributed by atoms with Crippen LogP contribution in [-0.4, -0.2) is 33.2 Å². The summed E-state index contributed by atoms with van der Waals surface area (Å²) < 4.78 is 37.5. The number of aromatic nitrogens is 3. The fourth-order valence-electron chi connectivity index (χ4n) is 2.05. The standard InChI is InChI=1S/C16H10F3N5O2S/c17-16(18,19)12(25)10-2-1-3-11(8-10)21-14(26)22-15-24-23-13(27-15)9-4-6-20-7-5-9/h1-8H,(H2,21,22,24,26). The van der Waals surface area contributed by atoms with Crippen LogP contribution >= 0.6 is 11.3 Å². The molecule has 2 aromatic heterocycles. The van der Waals surface area contributed by atoms with Crippen molar-refractivity contribution >= 4 is 34.0 Å². The molecule has 7 nitrogen and oxygen atoms in total. The van der Waals surface area contributed by atoms with Gasteiger partial charge in [-0.2, -0.15) is 13.2 Å². The molecule has 3 rings (SSSR count). The van der Waals surface area contributed by atoms with E-state index in [4.69, 9.17) is 0 Å². The highest BCUT2D eigenvalue weighted by Gasteiger charge is 2.39. The number of carbonyl (C=O) groups excluding carboxylic acids is 2. The molecule has 0 fully saturated rings. The molecule has 138 valence electrons. The van der Waals surface area contributed by atoms with Crippen molar-refractivity contribution < 1.29 is 22.8 Å². The van der Waals surface area contributed by atoms with Gasteiger partial charge in [-0.1, -0.05) is 23.5 Å². The molecule has 0 aliphatic heterocycles. The molecular formula is C16H10F3N5O2S. The maximum atomic E-state index is 12.5. The molecular weight excluding hydrogens is 383 g/mol. The number of anilines is 2. The molecule has 0 bridgehead atoms. The van der Waals surface area contributed by atoms with E-state index in [0.717, 1.165) is 29.0 Å². The maximum absolute atomic E-state index is 12.5. The van der Waals surface area contributed by atoms with Gasteiger partial charge >= 0.3 is 12.2 Å². The van der Waals surface area contributed by atoms with Crippen LogP contribution in [0.25, 0.3) is 10.6 Å². The number of ketones is 1. The van der Waals surface area contributed by atoms with E-state index in [0.29, 0.717) is 5.01 Å². The van der Waals surface area contributed by atoms with E-state index in [1.54, 1.807) is 24.5 Å². The highest BCUT2D eigenvalue weighted by Crippen LogP contribution is 2.26. The van der Waals surface area contributed by atoms with E-state index in [-0.39, 0.29) is 10.8 Å². The summed E-state index contributed by atoms with van der Waals surface area (Å²) in [7, 11) is 0. The van der Waals surface area contributed by atoms with Gasteiger partial charge in [-0.05, 0) is 24.3 Å². The van der Waals surface area contributed by atoms with Crippen molar-refractivity contribution in [1.82, 2.24) is 15.2 Å². The fourth-order valence-corrected chi connectivity index (χ4v) is 2.79. The van der Waals surface area contributed by atoms with Crippen LogP contribution in [0.5, 0.6) is 0 Å². The molecule has 0 saturated heterocycles. The van der Waals surface area contributed by atoms with Crippen LogP contribution in [-0.2, 0) is 0 Å². The van der Waals surface area contributed by atoms with Crippen LogP contribution in [0.4, 0.5) is 28.8 Å². The lowest BCUT2D eigenvalue weighted by Gasteiger charge is -2.08. The van der Waals surface area contributed by atoms with Gasteiger partial charge < -0.3 is 5.32 Å². The number of carbonyl (C=O) groups is 2. The number of Topliss-reactive ketones (excluding diaryl/α,β-unsaturated/α-hetero) is 1. The Morgan fingerprint density at radius 3 is 2.44 bits per heavy atom. The lowest BCUT2D eigenvalue weighted by atomic mass is 10.1. The summed E-state index contributed by atoms with van der Waals surface area (Å²) in [4.78, 5) is 27.2. The van der Waals surface area contributed by atoms with Crippen molar-refractivity contribution in [1.29, 1.82) is 0 Å². The van der Waals surface area contributed by atoms with Crippen LogP contribution in [0.2, 0.25) is 0 Å². The average Bonchev–Trinajstić information content (AvgIpc) is 3.09. The Kier molecular flexibility index (Phi) is 5.12. The Hall–Kier alpha value is -3.34. The van der Waals surface area contributed by atoms with Crippen LogP contribution in [0.1, 0.15) is 10.4 Å². The summed E-state index contributed by atoms with van der Waals surface area (Å²) in [6, 6.07) is 7.28. The quantitative estimate of drug-likeness (QED) is 0.654. The van der Waals surface area contributed by atoms with Crippen molar-refractivity contribution in [2.45, 2.75) is 6.18 Å². The predicted octanol–water partition coefficient (Wildman–Crippen LogP) is 3.99. The van der Waals surface area contributed by atoms with E-state index < -0.39 is 23.6 Å². The van der Waals surface area contributed by atoms with Crippen molar-refractivity contribution in [2.75, 3.05) is 10.6 Å². The summed E-state index contributed by atoms with van der Waals surface area (Å²) >= 11 is 1.11. The molecule has 0 aliphatic rings. The van der Waals surface area contributed by atoms with Gasteiger partial charge in [0.2, 0.25) is 5.13 Å². The highest BCUT2D eigenvalue weighted by atomic mass is 32.1. The van der Waals surface area contributed by atoms with Gasteiger partial charge in [0.25, 0.3) is 5.78 Å². The van der Waals surface area contributed by atoms with Gasteiger partial charge in [0.05, 0.1) is 0 Å². The number of pyridine rings is 1. The summed E-state index contributed by atoms with van der Waals surface area (Å²) in [5.41, 5.74) is 0.229.